The molecule has 8 heteroatoms. The van der Waals surface area contributed by atoms with Crippen LogP contribution in [-0.4, -0.2) is 48.3 Å². The Labute approximate surface area is 115 Å². The second-order valence-corrected chi connectivity index (χ2v) is 4.24. The Kier molecular flexibility index (Phi) is 4.38. The summed E-state index contributed by atoms with van der Waals surface area (Å²) >= 11 is 0. The van der Waals surface area contributed by atoms with E-state index in [1.165, 1.54) is 19.3 Å². The second kappa shape index (κ2) is 6.22. The van der Waals surface area contributed by atoms with E-state index in [0.717, 1.165) is 0 Å². The van der Waals surface area contributed by atoms with Crippen LogP contribution in [0.1, 0.15) is 18.6 Å². The first-order chi connectivity index (χ1) is 9.58. The highest BCUT2D eigenvalue weighted by molar-refractivity contribution is 5.72. The van der Waals surface area contributed by atoms with E-state index in [4.69, 9.17) is 0 Å². The highest BCUT2D eigenvalue weighted by Crippen LogP contribution is 2.15. The molecule has 106 valence electrons. The Balaban J connectivity index is 2.03. The average molecular weight is 277 g/mol. The second-order valence-electron chi connectivity index (χ2n) is 4.24. The molecular weight excluding hydrogens is 262 g/mol. The molecule has 2 heterocycles. The van der Waals surface area contributed by atoms with E-state index in [-0.39, 0.29) is 12.5 Å². The number of aliphatic hydroxyl groups is 2. The fraction of sp³-hybridized carbons (Fsp3) is 0.333. The Hall–Kier alpha value is -2.32. The van der Waals surface area contributed by atoms with Gasteiger partial charge in [-0.2, -0.15) is 0 Å². The van der Waals surface area contributed by atoms with Crippen LogP contribution in [0.3, 0.4) is 0 Å². The lowest BCUT2D eigenvalue weighted by Crippen LogP contribution is -2.34. The summed E-state index contributed by atoms with van der Waals surface area (Å²) in [6, 6.07) is 0. The van der Waals surface area contributed by atoms with E-state index in [0.29, 0.717) is 11.5 Å². The third-order valence-corrected chi connectivity index (χ3v) is 2.66. The van der Waals surface area contributed by atoms with Crippen LogP contribution in [0.2, 0.25) is 0 Å². The van der Waals surface area contributed by atoms with Crippen molar-refractivity contribution in [2.24, 2.45) is 0 Å². The molecule has 0 radical (unpaired) electrons. The Morgan fingerprint density at radius 2 is 2.10 bits per heavy atom. The van der Waals surface area contributed by atoms with Gasteiger partial charge in [-0.3, -0.25) is 9.36 Å². The van der Waals surface area contributed by atoms with Crippen LogP contribution in [0.25, 0.3) is 5.95 Å². The topological polar surface area (TPSA) is 113 Å². The minimum Gasteiger partial charge on any atom is -0.388 e. The molecular formula is C12H15N5O3. The summed E-state index contributed by atoms with van der Waals surface area (Å²) in [5, 5.41) is 22.1. The van der Waals surface area contributed by atoms with Crippen LogP contribution < -0.4 is 5.32 Å². The molecule has 2 atom stereocenters. The molecule has 3 N–H and O–H groups in total. The summed E-state index contributed by atoms with van der Waals surface area (Å²) < 4.78 is 1.61. The van der Waals surface area contributed by atoms with Crippen LogP contribution in [0, 0.1) is 0 Å². The largest absolute Gasteiger partial charge is 0.388 e. The number of nitrogens with zero attached hydrogens (tertiary/aromatic N) is 4. The molecule has 0 aromatic carbocycles. The van der Waals surface area contributed by atoms with Gasteiger partial charge in [0.1, 0.15) is 18.5 Å². The molecule has 2 unspecified atom stereocenters. The third kappa shape index (κ3) is 3.37. The van der Waals surface area contributed by atoms with Gasteiger partial charge in [0, 0.05) is 43.8 Å². The number of rotatable bonds is 5. The van der Waals surface area contributed by atoms with Gasteiger partial charge in [-0.25, -0.2) is 15.0 Å². The molecule has 0 saturated carbocycles. The first kappa shape index (κ1) is 14.1. The summed E-state index contributed by atoms with van der Waals surface area (Å²) in [5.74, 6) is 0.137. The van der Waals surface area contributed by atoms with Crippen molar-refractivity contribution in [3.05, 3.63) is 36.7 Å². The van der Waals surface area contributed by atoms with Gasteiger partial charge in [0.05, 0.1) is 0 Å². The van der Waals surface area contributed by atoms with Crippen LogP contribution in [0.5, 0.6) is 0 Å². The van der Waals surface area contributed by atoms with E-state index in [9.17, 15) is 15.0 Å². The SMILES string of the molecule is CC(=O)NCC(O)C(O)c1cnc(-n2ccnc2)nc1. The third-order valence-electron chi connectivity index (χ3n) is 2.66. The van der Waals surface area contributed by atoms with Gasteiger partial charge in [0.15, 0.2) is 0 Å². The van der Waals surface area contributed by atoms with Gasteiger partial charge in [-0.15, -0.1) is 0 Å². The maximum atomic E-state index is 10.7. The summed E-state index contributed by atoms with van der Waals surface area (Å²) in [5.41, 5.74) is 0.367. The maximum absolute atomic E-state index is 10.7. The Bertz CT molecular complexity index is 555. The van der Waals surface area contributed by atoms with Crippen molar-refractivity contribution in [1.29, 1.82) is 0 Å². The molecule has 2 rings (SSSR count). The minimum absolute atomic E-state index is 0.0419. The number of carbonyl (C=O) groups is 1. The maximum Gasteiger partial charge on any atom is 0.234 e. The van der Waals surface area contributed by atoms with E-state index in [1.54, 1.807) is 23.3 Å². The predicted octanol–water partition coefficient (Wildman–Crippen LogP) is -0.807. The van der Waals surface area contributed by atoms with E-state index >= 15 is 0 Å². The van der Waals surface area contributed by atoms with Gasteiger partial charge < -0.3 is 15.5 Å². The Morgan fingerprint density at radius 1 is 1.40 bits per heavy atom. The summed E-state index contributed by atoms with van der Waals surface area (Å²) in [7, 11) is 0. The molecule has 2 aromatic heterocycles. The van der Waals surface area contributed by atoms with Crippen molar-refractivity contribution < 1.29 is 15.0 Å². The van der Waals surface area contributed by atoms with E-state index in [2.05, 4.69) is 20.3 Å². The molecule has 0 spiro atoms. The van der Waals surface area contributed by atoms with Crippen molar-refractivity contribution in [3.8, 4) is 5.95 Å². The fourth-order valence-corrected chi connectivity index (χ4v) is 1.58. The number of hydrogen-bond acceptors (Lipinski definition) is 6. The predicted molar refractivity (Wildman–Crippen MR) is 68.8 cm³/mol. The fourth-order valence-electron chi connectivity index (χ4n) is 1.58. The van der Waals surface area contributed by atoms with Gasteiger partial charge in [0.25, 0.3) is 0 Å². The lowest BCUT2D eigenvalue weighted by atomic mass is 10.1. The normalized spacial score (nSPS) is 13.8. The average Bonchev–Trinajstić information content (AvgIpc) is 2.98. The molecule has 0 bridgehead atoms. The quantitative estimate of drug-likeness (QED) is 0.659. The number of nitrogens with one attached hydrogen (secondary N) is 1. The first-order valence-electron chi connectivity index (χ1n) is 5.99. The van der Waals surface area contributed by atoms with E-state index < -0.39 is 12.2 Å². The van der Waals surface area contributed by atoms with Crippen LogP contribution in [0.15, 0.2) is 31.1 Å². The zero-order valence-corrected chi connectivity index (χ0v) is 10.8. The van der Waals surface area contributed by atoms with Crippen molar-refractivity contribution in [3.63, 3.8) is 0 Å². The van der Waals surface area contributed by atoms with Gasteiger partial charge in [-0.1, -0.05) is 0 Å². The van der Waals surface area contributed by atoms with Crippen molar-refractivity contribution in [2.75, 3.05) is 6.54 Å². The molecule has 1 amide bonds. The van der Waals surface area contributed by atoms with E-state index in [1.807, 2.05) is 0 Å². The van der Waals surface area contributed by atoms with Gasteiger partial charge in [-0.05, 0) is 0 Å². The summed E-state index contributed by atoms with van der Waals surface area (Å²) in [4.78, 5) is 22.8. The molecule has 0 aliphatic carbocycles. The number of carbonyl (C=O) groups excluding carboxylic acids is 1. The highest BCUT2D eigenvalue weighted by atomic mass is 16.3. The number of aromatic nitrogens is 4. The van der Waals surface area contributed by atoms with Crippen LogP contribution >= 0.6 is 0 Å². The molecule has 0 saturated heterocycles. The monoisotopic (exact) mass is 277 g/mol. The molecule has 0 fully saturated rings. The number of imidazole rings is 1. The number of hydrogen-bond donors (Lipinski definition) is 3. The van der Waals surface area contributed by atoms with Gasteiger partial charge in [0.2, 0.25) is 11.9 Å². The smallest absolute Gasteiger partial charge is 0.234 e. The first-order valence-corrected chi connectivity index (χ1v) is 5.99. The Morgan fingerprint density at radius 3 is 2.65 bits per heavy atom. The zero-order valence-electron chi connectivity index (χ0n) is 10.8. The minimum atomic E-state index is -1.17. The molecule has 0 aliphatic rings. The van der Waals surface area contributed by atoms with Crippen molar-refractivity contribution in [1.82, 2.24) is 24.8 Å². The van der Waals surface area contributed by atoms with Crippen LogP contribution in [-0.2, 0) is 4.79 Å². The summed E-state index contributed by atoms with van der Waals surface area (Å²) in [6.07, 6.45) is 5.39. The standard InChI is InChI=1S/C12H15N5O3/c1-8(18)14-6-10(19)11(20)9-4-15-12(16-5-9)17-3-2-13-7-17/h2-5,7,10-11,19-20H,6H2,1H3,(H,14,18). The summed E-state index contributed by atoms with van der Waals surface area (Å²) in [6.45, 7) is 1.29. The molecule has 2 aromatic rings. The van der Waals surface area contributed by atoms with Crippen molar-refractivity contribution >= 4 is 5.91 Å². The van der Waals surface area contributed by atoms with Crippen LogP contribution in [0.4, 0.5) is 0 Å². The molecule has 0 aliphatic heterocycles. The van der Waals surface area contributed by atoms with Gasteiger partial charge >= 0.3 is 0 Å². The lowest BCUT2D eigenvalue weighted by molar-refractivity contribution is -0.119. The lowest BCUT2D eigenvalue weighted by Gasteiger charge is -2.17. The highest BCUT2D eigenvalue weighted by Gasteiger charge is 2.19. The van der Waals surface area contributed by atoms with Crippen molar-refractivity contribution in [2.45, 2.75) is 19.1 Å². The molecule has 20 heavy (non-hydrogen) atoms. The molecule has 8 nitrogen and oxygen atoms in total. The zero-order chi connectivity index (χ0) is 14.5. The number of aliphatic hydroxyl groups excluding tert-OH is 2. The number of amides is 1.